The van der Waals surface area contributed by atoms with Crippen molar-refractivity contribution in [3.05, 3.63) is 97.2 Å². The summed E-state index contributed by atoms with van der Waals surface area (Å²) in [4.78, 5) is 37.8. The summed E-state index contributed by atoms with van der Waals surface area (Å²) in [5.41, 5.74) is 0. The average Bonchev–Trinajstić information content (AvgIpc) is 3.22. The number of carbonyl (C=O) groups excluding carboxylic acids is 3. The number of hydrogen-bond acceptors (Lipinski definition) is 6. The van der Waals surface area contributed by atoms with E-state index >= 15 is 0 Å². The molecule has 0 spiro atoms. The first-order chi connectivity index (χ1) is 28.5. The van der Waals surface area contributed by atoms with Crippen molar-refractivity contribution < 1.29 is 28.6 Å². The molecule has 0 fully saturated rings. The number of ether oxygens (including phenoxy) is 3. The monoisotopic (exact) mass is 805 g/mol. The lowest BCUT2D eigenvalue weighted by atomic mass is 10.1. The van der Waals surface area contributed by atoms with Crippen molar-refractivity contribution in [3.8, 4) is 0 Å². The summed E-state index contributed by atoms with van der Waals surface area (Å²) in [7, 11) is 0. The second kappa shape index (κ2) is 46.0. The fraction of sp³-hybridized carbons (Fsp3) is 0.635. The number of unbranched alkanes of at least 4 members (excludes halogenated alkanes) is 18. The van der Waals surface area contributed by atoms with Crippen molar-refractivity contribution in [2.45, 2.75) is 200 Å². The molecule has 328 valence electrons. The van der Waals surface area contributed by atoms with Gasteiger partial charge in [0.15, 0.2) is 6.10 Å². The lowest BCUT2D eigenvalue weighted by molar-refractivity contribution is -0.167. The van der Waals surface area contributed by atoms with Gasteiger partial charge in [0.1, 0.15) is 13.2 Å². The smallest absolute Gasteiger partial charge is 0.306 e. The number of allylic oxidation sites excluding steroid dienone is 16. The van der Waals surface area contributed by atoms with Gasteiger partial charge in [-0.05, 0) is 83.5 Å². The van der Waals surface area contributed by atoms with Crippen LogP contribution in [0, 0.1) is 0 Å². The minimum Gasteiger partial charge on any atom is -0.462 e. The van der Waals surface area contributed by atoms with Gasteiger partial charge in [-0.3, -0.25) is 14.4 Å². The first-order valence-corrected chi connectivity index (χ1v) is 23.3. The Morgan fingerprint density at radius 3 is 1.19 bits per heavy atom. The van der Waals surface area contributed by atoms with Crippen molar-refractivity contribution in [3.63, 3.8) is 0 Å². The highest BCUT2D eigenvalue weighted by atomic mass is 16.6. The van der Waals surface area contributed by atoms with Crippen LogP contribution in [0.5, 0.6) is 0 Å². The fourth-order valence-electron chi connectivity index (χ4n) is 5.90. The van der Waals surface area contributed by atoms with E-state index in [0.29, 0.717) is 19.3 Å². The van der Waals surface area contributed by atoms with E-state index in [1.807, 2.05) is 48.6 Å². The van der Waals surface area contributed by atoms with Crippen LogP contribution >= 0.6 is 0 Å². The lowest BCUT2D eigenvalue weighted by Crippen LogP contribution is -2.30. The minimum absolute atomic E-state index is 0.104. The molecule has 0 amide bonds. The molecule has 0 aromatic carbocycles. The molecule has 6 nitrogen and oxygen atoms in total. The summed E-state index contributed by atoms with van der Waals surface area (Å²) in [5.74, 6) is -0.981. The standard InChI is InChI=1S/C52H84O6/c1-4-7-10-13-16-19-22-24-26-28-30-33-36-39-42-45-51(54)57-48-49(47-56-50(53)44-41-38-35-32-21-18-15-12-9-6-3)58-52(55)46-43-40-37-34-31-29-27-25-23-20-17-14-11-8-5-2/h7,10,13,15-20,22-26,28,30,49H,4-6,8-9,11-12,14,21,27,29,31-48H2,1-3H3/b10-7-,16-13-,18-15-,20-17-,22-19-,25-23-,26-24-,30-28-. The Morgan fingerprint density at radius 1 is 0.362 bits per heavy atom. The predicted octanol–water partition coefficient (Wildman–Crippen LogP) is 15.0. The molecule has 0 aromatic heterocycles. The Hall–Kier alpha value is -3.67. The third kappa shape index (κ3) is 43.5. The van der Waals surface area contributed by atoms with E-state index in [9.17, 15) is 14.4 Å². The summed E-state index contributed by atoms with van der Waals surface area (Å²) < 4.78 is 16.7. The molecule has 0 aromatic rings. The zero-order valence-corrected chi connectivity index (χ0v) is 37.3. The van der Waals surface area contributed by atoms with Crippen LogP contribution in [0.2, 0.25) is 0 Å². The number of carbonyl (C=O) groups is 3. The van der Waals surface area contributed by atoms with Gasteiger partial charge in [-0.25, -0.2) is 0 Å². The molecular weight excluding hydrogens is 721 g/mol. The maximum atomic E-state index is 12.7. The van der Waals surface area contributed by atoms with Gasteiger partial charge in [-0.1, -0.05) is 189 Å². The molecule has 0 saturated carbocycles. The molecule has 1 unspecified atom stereocenters. The van der Waals surface area contributed by atoms with Crippen molar-refractivity contribution >= 4 is 17.9 Å². The summed E-state index contributed by atoms with van der Waals surface area (Å²) in [5, 5.41) is 0. The normalized spacial score (nSPS) is 12.9. The summed E-state index contributed by atoms with van der Waals surface area (Å²) >= 11 is 0. The molecule has 58 heavy (non-hydrogen) atoms. The Morgan fingerprint density at radius 2 is 0.707 bits per heavy atom. The Labute approximate surface area is 356 Å². The molecule has 0 aliphatic rings. The quantitative estimate of drug-likeness (QED) is 0.0202. The van der Waals surface area contributed by atoms with E-state index in [1.165, 1.54) is 51.4 Å². The largest absolute Gasteiger partial charge is 0.462 e. The van der Waals surface area contributed by atoms with Crippen molar-refractivity contribution in [2.75, 3.05) is 13.2 Å². The molecule has 0 radical (unpaired) electrons. The molecule has 0 aliphatic heterocycles. The Kier molecular flexibility index (Phi) is 43.1. The summed E-state index contributed by atoms with van der Waals surface area (Å²) in [6.45, 7) is 6.34. The molecule has 0 rings (SSSR count). The molecule has 0 saturated heterocycles. The van der Waals surface area contributed by atoms with Gasteiger partial charge in [0.05, 0.1) is 0 Å². The molecule has 6 heteroatoms. The maximum Gasteiger partial charge on any atom is 0.306 e. The van der Waals surface area contributed by atoms with Crippen LogP contribution in [0.4, 0.5) is 0 Å². The molecule has 0 aliphatic carbocycles. The van der Waals surface area contributed by atoms with E-state index in [0.717, 1.165) is 103 Å². The van der Waals surface area contributed by atoms with Crippen LogP contribution in [-0.2, 0) is 28.6 Å². The number of hydrogen-bond donors (Lipinski definition) is 0. The molecule has 0 N–H and O–H groups in total. The zero-order chi connectivity index (χ0) is 42.3. The van der Waals surface area contributed by atoms with Crippen LogP contribution < -0.4 is 0 Å². The molecule has 0 bridgehead atoms. The van der Waals surface area contributed by atoms with Gasteiger partial charge in [-0.15, -0.1) is 0 Å². The molecule has 1 atom stereocenters. The summed E-state index contributed by atoms with van der Waals surface area (Å²) in [6, 6.07) is 0. The second-order valence-corrected chi connectivity index (χ2v) is 15.1. The van der Waals surface area contributed by atoms with Gasteiger partial charge in [0, 0.05) is 19.3 Å². The van der Waals surface area contributed by atoms with E-state index in [1.54, 1.807) is 0 Å². The van der Waals surface area contributed by atoms with Crippen molar-refractivity contribution in [1.82, 2.24) is 0 Å². The molecular formula is C52H84O6. The first-order valence-electron chi connectivity index (χ1n) is 23.3. The Balaban J connectivity index is 4.51. The number of rotatable bonds is 40. The lowest BCUT2D eigenvalue weighted by Gasteiger charge is -2.18. The second-order valence-electron chi connectivity index (χ2n) is 15.1. The predicted molar refractivity (Wildman–Crippen MR) is 247 cm³/mol. The van der Waals surface area contributed by atoms with Gasteiger partial charge in [0.25, 0.3) is 0 Å². The SMILES string of the molecule is CC\C=C/C=C\C=C/C=C\C=C/CCCCCC(=O)OCC(COC(=O)CCCCCC/C=C\CCCC)OC(=O)CCCCCCCC/C=C\C=C/CCCCC. The zero-order valence-electron chi connectivity index (χ0n) is 37.3. The average molecular weight is 805 g/mol. The van der Waals surface area contributed by atoms with Crippen LogP contribution in [0.15, 0.2) is 97.2 Å². The number of esters is 3. The van der Waals surface area contributed by atoms with E-state index in [2.05, 4.69) is 69.4 Å². The molecule has 0 heterocycles. The highest BCUT2D eigenvalue weighted by Crippen LogP contribution is 2.12. The van der Waals surface area contributed by atoms with E-state index in [-0.39, 0.29) is 31.1 Å². The minimum atomic E-state index is -0.805. The van der Waals surface area contributed by atoms with Crippen LogP contribution in [-0.4, -0.2) is 37.2 Å². The van der Waals surface area contributed by atoms with Gasteiger partial charge in [0.2, 0.25) is 0 Å². The third-order valence-electron chi connectivity index (χ3n) is 9.45. The first kappa shape index (κ1) is 54.3. The van der Waals surface area contributed by atoms with Gasteiger partial charge in [-0.2, -0.15) is 0 Å². The highest BCUT2D eigenvalue weighted by Gasteiger charge is 2.19. The van der Waals surface area contributed by atoms with Crippen LogP contribution in [0.3, 0.4) is 0 Å². The maximum absolute atomic E-state index is 12.7. The third-order valence-corrected chi connectivity index (χ3v) is 9.45. The fourth-order valence-corrected chi connectivity index (χ4v) is 5.90. The Bertz CT molecular complexity index is 1200. The van der Waals surface area contributed by atoms with E-state index < -0.39 is 6.10 Å². The van der Waals surface area contributed by atoms with E-state index in [4.69, 9.17) is 14.2 Å². The van der Waals surface area contributed by atoms with Crippen LogP contribution in [0.1, 0.15) is 194 Å². The van der Waals surface area contributed by atoms with Gasteiger partial charge >= 0.3 is 17.9 Å². The topological polar surface area (TPSA) is 78.9 Å². The van der Waals surface area contributed by atoms with Gasteiger partial charge < -0.3 is 14.2 Å². The summed E-state index contributed by atoms with van der Waals surface area (Å²) in [6.07, 6.45) is 59.6. The van der Waals surface area contributed by atoms with Crippen molar-refractivity contribution in [2.24, 2.45) is 0 Å². The highest BCUT2D eigenvalue weighted by molar-refractivity contribution is 5.71. The van der Waals surface area contributed by atoms with Crippen LogP contribution in [0.25, 0.3) is 0 Å². The van der Waals surface area contributed by atoms with Crippen molar-refractivity contribution in [1.29, 1.82) is 0 Å².